The van der Waals surface area contributed by atoms with Gasteiger partial charge in [0.25, 0.3) is 0 Å². The molecule has 0 aromatic heterocycles. The van der Waals surface area contributed by atoms with E-state index < -0.39 is 6.10 Å². The highest BCUT2D eigenvalue weighted by molar-refractivity contribution is 5.71. The molecule has 6 heteroatoms. The van der Waals surface area contributed by atoms with E-state index in [1.807, 2.05) is 0 Å². The van der Waals surface area contributed by atoms with Gasteiger partial charge in [-0.15, -0.1) is 0 Å². The van der Waals surface area contributed by atoms with Gasteiger partial charge in [-0.05, 0) is 109 Å². The van der Waals surface area contributed by atoms with Gasteiger partial charge in [-0.2, -0.15) is 0 Å². The number of carbonyl (C=O) groups is 3. The van der Waals surface area contributed by atoms with Crippen LogP contribution in [-0.2, 0) is 28.6 Å². The topological polar surface area (TPSA) is 78.9 Å². The molecule has 0 saturated heterocycles. The van der Waals surface area contributed by atoms with Gasteiger partial charge in [-0.3, -0.25) is 14.4 Å². The molecule has 0 saturated carbocycles. The summed E-state index contributed by atoms with van der Waals surface area (Å²) in [6.45, 7) is 6.41. The van der Waals surface area contributed by atoms with Crippen molar-refractivity contribution in [2.45, 2.75) is 232 Å². The number of hydrogen-bond donors (Lipinski definition) is 0. The maximum atomic E-state index is 12.8. The Balaban J connectivity index is 4.51. The molecule has 0 aromatic rings. The molecule has 61 heavy (non-hydrogen) atoms. The number of unbranched alkanes of at least 4 members (excludes halogenated alkanes) is 19. The molecule has 0 fully saturated rings. The lowest BCUT2D eigenvalue weighted by atomic mass is 10.1. The van der Waals surface area contributed by atoms with Crippen molar-refractivity contribution in [3.8, 4) is 0 Å². The molecule has 0 N–H and O–H groups in total. The molecular formula is C55H92O6. The van der Waals surface area contributed by atoms with Crippen LogP contribution in [-0.4, -0.2) is 37.2 Å². The van der Waals surface area contributed by atoms with E-state index in [2.05, 4.69) is 106 Å². The van der Waals surface area contributed by atoms with Gasteiger partial charge in [0.2, 0.25) is 0 Å². The van der Waals surface area contributed by atoms with Crippen LogP contribution in [0.15, 0.2) is 85.1 Å². The molecule has 0 amide bonds. The summed E-state index contributed by atoms with van der Waals surface area (Å²) in [5.74, 6) is -0.999. The average molecular weight is 849 g/mol. The van der Waals surface area contributed by atoms with E-state index in [-0.39, 0.29) is 37.5 Å². The molecule has 348 valence electrons. The maximum absolute atomic E-state index is 12.8. The minimum atomic E-state index is -0.811. The molecule has 1 atom stereocenters. The van der Waals surface area contributed by atoms with E-state index in [4.69, 9.17) is 14.2 Å². The Morgan fingerprint density at radius 3 is 1.13 bits per heavy atom. The second kappa shape index (κ2) is 49.2. The Labute approximate surface area is 375 Å². The zero-order chi connectivity index (χ0) is 44.4. The van der Waals surface area contributed by atoms with Crippen LogP contribution in [0, 0.1) is 0 Å². The van der Waals surface area contributed by atoms with Gasteiger partial charge in [0.15, 0.2) is 6.10 Å². The standard InChI is InChI=1S/C55H92O6/c1-4-7-10-13-16-19-22-25-27-28-29-31-33-36-39-42-45-48-54(57)60-51-52(50-59-53(56)47-44-41-38-35-32-24-21-18-15-12-9-6-3)61-55(58)49-46-43-40-37-34-30-26-23-20-17-14-11-8-5-2/h9,12,16,18-19,21,25,27,29-31,34,36,39,52H,4-8,10-11,13-15,17,20,22-24,26,28,32-33,35,37-38,40-51H2,1-3H3/b12-9-,19-16-,21-18-,27-25-,31-29-,34-30-,39-36-. The number of ether oxygens (including phenoxy) is 3. The largest absolute Gasteiger partial charge is 0.462 e. The summed E-state index contributed by atoms with van der Waals surface area (Å²) in [5, 5.41) is 0. The van der Waals surface area contributed by atoms with Crippen LogP contribution < -0.4 is 0 Å². The van der Waals surface area contributed by atoms with Crippen molar-refractivity contribution in [2.75, 3.05) is 13.2 Å². The fraction of sp³-hybridized carbons (Fsp3) is 0.691. The van der Waals surface area contributed by atoms with Crippen LogP contribution in [0.4, 0.5) is 0 Å². The maximum Gasteiger partial charge on any atom is 0.306 e. The predicted octanol–water partition coefficient (Wildman–Crippen LogP) is 16.4. The first-order valence-corrected chi connectivity index (χ1v) is 25.1. The van der Waals surface area contributed by atoms with Crippen LogP contribution >= 0.6 is 0 Å². The van der Waals surface area contributed by atoms with Crippen LogP contribution in [0.3, 0.4) is 0 Å². The summed E-state index contributed by atoms with van der Waals surface area (Å²) in [7, 11) is 0. The Hall–Kier alpha value is -3.41. The van der Waals surface area contributed by atoms with Crippen LogP contribution in [0.5, 0.6) is 0 Å². The average Bonchev–Trinajstić information content (AvgIpc) is 3.26. The molecular weight excluding hydrogens is 757 g/mol. The Morgan fingerprint density at radius 2 is 0.656 bits per heavy atom. The Morgan fingerprint density at radius 1 is 0.344 bits per heavy atom. The first-order chi connectivity index (χ1) is 30.0. The van der Waals surface area contributed by atoms with Gasteiger partial charge in [0.1, 0.15) is 13.2 Å². The van der Waals surface area contributed by atoms with E-state index in [9.17, 15) is 14.4 Å². The van der Waals surface area contributed by atoms with E-state index in [1.165, 1.54) is 70.6 Å². The van der Waals surface area contributed by atoms with Crippen molar-refractivity contribution in [1.29, 1.82) is 0 Å². The van der Waals surface area contributed by atoms with E-state index in [0.717, 1.165) is 109 Å². The monoisotopic (exact) mass is 849 g/mol. The van der Waals surface area contributed by atoms with Crippen LogP contribution in [0.1, 0.15) is 226 Å². The van der Waals surface area contributed by atoms with Gasteiger partial charge in [-0.25, -0.2) is 0 Å². The van der Waals surface area contributed by atoms with Gasteiger partial charge in [0, 0.05) is 19.3 Å². The second-order valence-corrected chi connectivity index (χ2v) is 16.3. The third-order valence-electron chi connectivity index (χ3n) is 10.4. The smallest absolute Gasteiger partial charge is 0.306 e. The number of rotatable bonds is 44. The summed E-state index contributed by atoms with van der Waals surface area (Å²) in [6, 6.07) is 0. The normalized spacial score (nSPS) is 12.8. The third kappa shape index (κ3) is 47.5. The van der Waals surface area contributed by atoms with E-state index in [0.29, 0.717) is 19.3 Å². The molecule has 0 rings (SSSR count). The van der Waals surface area contributed by atoms with Crippen molar-refractivity contribution in [2.24, 2.45) is 0 Å². The highest BCUT2D eigenvalue weighted by Crippen LogP contribution is 2.12. The predicted molar refractivity (Wildman–Crippen MR) is 261 cm³/mol. The summed E-state index contributed by atoms with van der Waals surface area (Å²) in [4.78, 5) is 37.9. The van der Waals surface area contributed by atoms with Gasteiger partial charge in [0.05, 0.1) is 0 Å². The molecule has 0 bridgehead atoms. The van der Waals surface area contributed by atoms with Crippen LogP contribution in [0.2, 0.25) is 0 Å². The van der Waals surface area contributed by atoms with E-state index >= 15 is 0 Å². The summed E-state index contributed by atoms with van der Waals surface area (Å²) in [6.07, 6.45) is 62.9. The molecule has 6 nitrogen and oxygen atoms in total. The molecule has 0 spiro atoms. The Bertz CT molecular complexity index is 1200. The fourth-order valence-electron chi connectivity index (χ4n) is 6.58. The number of carbonyl (C=O) groups excluding carboxylic acids is 3. The molecule has 0 aliphatic heterocycles. The first-order valence-electron chi connectivity index (χ1n) is 25.1. The molecule has 1 unspecified atom stereocenters. The third-order valence-corrected chi connectivity index (χ3v) is 10.4. The summed E-state index contributed by atoms with van der Waals surface area (Å²) >= 11 is 0. The van der Waals surface area contributed by atoms with Crippen LogP contribution in [0.25, 0.3) is 0 Å². The zero-order valence-corrected chi connectivity index (χ0v) is 39.7. The number of allylic oxidation sites excluding steroid dienone is 14. The van der Waals surface area contributed by atoms with Gasteiger partial charge < -0.3 is 14.2 Å². The SMILES string of the molecule is CC/C=C\C/C=C\CCCCCCCC(=O)OCC(COC(=O)CCC/C=C\C/C=C\C/C=C\C/C=C\CCCCC)OC(=O)CCCCC/C=C\CCCCCCCCC. The second-order valence-electron chi connectivity index (χ2n) is 16.3. The summed E-state index contributed by atoms with van der Waals surface area (Å²) < 4.78 is 16.7. The first kappa shape index (κ1) is 57.6. The van der Waals surface area contributed by atoms with Gasteiger partial charge in [-0.1, -0.05) is 183 Å². The molecule has 0 radical (unpaired) electrons. The number of esters is 3. The van der Waals surface area contributed by atoms with Crippen molar-refractivity contribution in [3.63, 3.8) is 0 Å². The highest BCUT2D eigenvalue weighted by Gasteiger charge is 2.19. The lowest BCUT2D eigenvalue weighted by molar-refractivity contribution is -0.167. The highest BCUT2D eigenvalue weighted by atomic mass is 16.6. The lowest BCUT2D eigenvalue weighted by Gasteiger charge is -2.18. The fourth-order valence-corrected chi connectivity index (χ4v) is 6.58. The molecule has 0 aliphatic carbocycles. The summed E-state index contributed by atoms with van der Waals surface area (Å²) in [5.41, 5.74) is 0. The van der Waals surface area contributed by atoms with Crippen molar-refractivity contribution >= 4 is 17.9 Å². The van der Waals surface area contributed by atoms with Crippen molar-refractivity contribution < 1.29 is 28.6 Å². The molecule has 0 heterocycles. The van der Waals surface area contributed by atoms with Crippen molar-refractivity contribution in [3.05, 3.63) is 85.1 Å². The zero-order valence-electron chi connectivity index (χ0n) is 39.7. The minimum absolute atomic E-state index is 0.108. The quantitative estimate of drug-likeness (QED) is 0.0263. The number of hydrogen-bond acceptors (Lipinski definition) is 6. The molecule has 0 aromatic carbocycles. The Kier molecular flexibility index (Phi) is 46.5. The lowest BCUT2D eigenvalue weighted by Crippen LogP contribution is -2.30. The molecule has 0 aliphatic rings. The minimum Gasteiger partial charge on any atom is -0.462 e. The van der Waals surface area contributed by atoms with Crippen molar-refractivity contribution in [1.82, 2.24) is 0 Å². The van der Waals surface area contributed by atoms with Gasteiger partial charge >= 0.3 is 17.9 Å². The van der Waals surface area contributed by atoms with E-state index in [1.54, 1.807) is 0 Å².